The van der Waals surface area contributed by atoms with Crippen molar-refractivity contribution >= 4 is 11.1 Å². The zero-order chi connectivity index (χ0) is 16.8. The third-order valence-electron chi connectivity index (χ3n) is 3.07. The molecule has 0 radical (unpaired) electrons. The molecule has 7 nitrogen and oxygen atoms in total. The number of unbranched alkanes of at least 4 members (excludes halogenated alkanes) is 1. The molecule has 0 aromatic carbocycles. The molecule has 1 atom stereocenters. The lowest BCUT2D eigenvalue weighted by atomic mass is 10.1. The summed E-state index contributed by atoms with van der Waals surface area (Å²) in [5, 5.41) is 9.28. The van der Waals surface area contributed by atoms with Crippen LogP contribution >= 0.6 is 0 Å². The van der Waals surface area contributed by atoms with E-state index in [9.17, 15) is 9.59 Å². The molecule has 0 saturated carbocycles. The molecule has 2 heterocycles. The monoisotopic (exact) mass is 318 g/mol. The summed E-state index contributed by atoms with van der Waals surface area (Å²) in [4.78, 5) is 30.3. The molecule has 0 aliphatic heterocycles. The predicted molar refractivity (Wildman–Crippen MR) is 84.5 cm³/mol. The first-order valence-electron chi connectivity index (χ1n) is 7.37. The van der Waals surface area contributed by atoms with Crippen LogP contribution in [0.25, 0.3) is 11.1 Å². The van der Waals surface area contributed by atoms with Crippen molar-refractivity contribution in [2.24, 2.45) is 0 Å². The van der Waals surface area contributed by atoms with Crippen LogP contribution < -0.4 is 15.9 Å². The first-order chi connectivity index (χ1) is 11.0. The standard InChI is InChI=1S/C16H18N2O5/c1-3-4-7-11-9-12(20)23-15-13(11)14(21)17-16(18-15)22-8-5-6-10(2)19/h9-10,19H,3-4,7-8H2,1-2H3,(H,17,18,21). The van der Waals surface area contributed by atoms with E-state index >= 15 is 0 Å². The molecular formula is C16H18N2O5. The highest BCUT2D eigenvalue weighted by atomic mass is 16.5. The van der Waals surface area contributed by atoms with E-state index in [-0.39, 0.29) is 23.7 Å². The minimum atomic E-state index is -0.763. The van der Waals surface area contributed by atoms with Crippen LogP contribution in [0.5, 0.6) is 6.01 Å². The van der Waals surface area contributed by atoms with Crippen molar-refractivity contribution in [2.45, 2.75) is 39.2 Å². The Hall–Kier alpha value is -2.59. The van der Waals surface area contributed by atoms with Gasteiger partial charge in [-0.15, -0.1) is 0 Å². The number of aliphatic hydroxyl groups excluding tert-OH is 1. The average molecular weight is 318 g/mol. The molecule has 2 aromatic rings. The molecule has 2 aromatic heterocycles. The Balaban J connectivity index is 2.36. The van der Waals surface area contributed by atoms with Crippen LogP contribution in [-0.2, 0) is 6.42 Å². The van der Waals surface area contributed by atoms with E-state index in [0.717, 1.165) is 12.8 Å². The van der Waals surface area contributed by atoms with Crippen molar-refractivity contribution in [2.75, 3.05) is 6.61 Å². The fourth-order valence-electron chi connectivity index (χ4n) is 2.06. The van der Waals surface area contributed by atoms with E-state index in [1.807, 2.05) is 6.92 Å². The third kappa shape index (κ3) is 4.44. The lowest BCUT2D eigenvalue weighted by Crippen LogP contribution is -2.15. The second kappa shape index (κ2) is 7.61. The van der Waals surface area contributed by atoms with Gasteiger partial charge in [0.05, 0.1) is 0 Å². The Morgan fingerprint density at radius 1 is 1.48 bits per heavy atom. The molecule has 0 aliphatic carbocycles. The topological polar surface area (TPSA) is 105 Å². The molecule has 0 amide bonds. The van der Waals surface area contributed by atoms with Crippen molar-refractivity contribution in [3.05, 3.63) is 32.4 Å². The summed E-state index contributed by atoms with van der Waals surface area (Å²) in [6.45, 7) is 3.49. The maximum atomic E-state index is 12.2. The Bertz CT molecular complexity index is 855. The van der Waals surface area contributed by atoms with Crippen LogP contribution in [0, 0.1) is 11.8 Å². The lowest BCUT2D eigenvalue weighted by Gasteiger charge is -2.05. The van der Waals surface area contributed by atoms with Crippen molar-refractivity contribution < 1.29 is 14.3 Å². The fourth-order valence-corrected chi connectivity index (χ4v) is 2.06. The minimum Gasteiger partial charge on any atom is -0.451 e. The summed E-state index contributed by atoms with van der Waals surface area (Å²) < 4.78 is 10.2. The van der Waals surface area contributed by atoms with Gasteiger partial charge in [0.15, 0.2) is 6.61 Å². The number of fused-ring (bicyclic) bond motifs is 1. The van der Waals surface area contributed by atoms with Gasteiger partial charge in [-0.05, 0) is 25.3 Å². The maximum absolute atomic E-state index is 12.2. The van der Waals surface area contributed by atoms with Gasteiger partial charge in [0.25, 0.3) is 5.56 Å². The van der Waals surface area contributed by atoms with Gasteiger partial charge in [0.1, 0.15) is 11.5 Å². The molecular weight excluding hydrogens is 300 g/mol. The number of hydrogen-bond acceptors (Lipinski definition) is 6. The van der Waals surface area contributed by atoms with Crippen molar-refractivity contribution in [1.29, 1.82) is 0 Å². The van der Waals surface area contributed by atoms with E-state index in [1.165, 1.54) is 13.0 Å². The zero-order valence-corrected chi connectivity index (χ0v) is 13.0. The summed E-state index contributed by atoms with van der Waals surface area (Å²) in [5.74, 6) is 5.07. The lowest BCUT2D eigenvalue weighted by molar-refractivity contribution is 0.252. The van der Waals surface area contributed by atoms with Crippen molar-refractivity contribution in [3.8, 4) is 17.9 Å². The van der Waals surface area contributed by atoms with E-state index in [0.29, 0.717) is 12.0 Å². The number of hydrogen-bond donors (Lipinski definition) is 2. The molecule has 2 N–H and O–H groups in total. The quantitative estimate of drug-likeness (QED) is 0.796. The van der Waals surface area contributed by atoms with E-state index in [2.05, 4.69) is 21.8 Å². The van der Waals surface area contributed by atoms with Crippen LogP contribution in [-0.4, -0.2) is 27.8 Å². The summed E-state index contributed by atoms with van der Waals surface area (Å²) >= 11 is 0. The van der Waals surface area contributed by atoms with Crippen LogP contribution in [0.3, 0.4) is 0 Å². The third-order valence-corrected chi connectivity index (χ3v) is 3.07. The number of aryl methyl sites for hydroxylation is 1. The fraction of sp³-hybridized carbons (Fsp3) is 0.438. The SMILES string of the molecule is CCCCc1cc(=O)oc2nc(OCC#CC(C)O)[nH]c(=O)c12. The minimum absolute atomic E-state index is 0.0501. The zero-order valence-electron chi connectivity index (χ0n) is 13.0. The molecule has 122 valence electrons. The number of H-pyrrole nitrogens is 1. The molecule has 2 rings (SSSR count). The van der Waals surface area contributed by atoms with Gasteiger partial charge in [-0.25, -0.2) is 4.79 Å². The molecule has 0 spiro atoms. The summed E-state index contributed by atoms with van der Waals surface area (Å²) in [6.07, 6.45) is 1.63. The Morgan fingerprint density at radius 2 is 2.26 bits per heavy atom. The molecule has 7 heteroatoms. The molecule has 0 aliphatic rings. The highest BCUT2D eigenvalue weighted by Crippen LogP contribution is 2.15. The van der Waals surface area contributed by atoms with Gasteiger partial charge in [-0.2, -0.15) is 4.98 Å². The Labute approximate surface area is 132 Å². The van der Waals surface area contributed by atoms with E-state index in [4.69, 9.17) is 14.3 Å². The highest BCUT2D eigenvalue weighted by molar-refractivity contribution is 5.75. The predicted octanol–water partition coefficient (Wildman–Crippen LogP) is 0.982. The van der Waals surface area contributed by atoms with Gasteiger partial charge in [0, 0.05) is 6.07 Å². The van der Waals surface area contributed by atoms with Gasteiger partial charge < -0.3 is 14.3 Å². The maximum Gasteiger partial charge on any atom is 0.337 e. The van der Waals surface area contributed by atoms with Gasteiger partial charge in [-0.3, -0.25) is 9.78 Å². The molecule has 0 saturated heterocycles. The largest absolute Gasteiger partial charge is 0.451 e. The summed E-state index contributed by atoms with van der Waals surface area (Å²) in [5.41, 5.74) is -0.414. The number of ether oxygens (including phenoxy) is 1. The Morgan fingerprint density at radius 3 is 2.96 bits per heavy atom. The molecule has 0 fully saturated rings. The molecule has 23 heavy (non-hydrogen) atoms. The number of nitrogens with one attached hydrogen (secondary N) is 1. The first-order valence-corrected chi connectivity index (χ1v) is 7.37. The summed E-state index contributed by atoms with van der Waals surface area (Å²) in [7, 11) is 0. The van der Waals surface area contributed by atoms with E-state index in [1.54, 1.807) is 0 Å². The van der Waals surface area contributed by atoms with Gasteiger partial charge in [0.2, 0.25) is 5.71 Å². The van der Waals surface area contributed by atoms with Gasteiger partial charge >= 0.3 is 11.6 Å². The number of aromatic nitrogens is 2. The van der Waals surface area contributed by atoms with Gasteiger partial charge in [-0.1, -0.05) is 25.2 Å². The van der Waals surface area contributed by atoms with Crippen LogP contribution in [0.15, 0.2) is 20.1 Å². The normalized spacial score (nSPS) is 11.8. The Kier molecular flexibility index (Phi) is 5.55. The molecule has 1 unspecified atom stereocenters. The second-order valence-electron chi connectivity index (χ2n) is 5.03. The van der Waals surface area contributed by atoms with Crippen LogP contribution in [0.1, 0.15) is 32.3 Å². The van der Waals surface area contributed by atoms with Crippen LogP contribution in [0.4, 0.5) is 0 Å². The number of aliphatic hydroxyl groups is 1. The first kappa shape index (κ1) is 16.8. The smallest absolute Gasteiger partial charge is 0.337 e. The van der Waals surface area contributed by atoms with E-state index < -0.39 is 17.3 Å². The van der Waals surface area contributed by atoms with Crippen molar-refractivity contribution in [1.82, 2.24) is 9.97 Å². The highest BCUT2D eigenvalue weighted by Gasteiger charge is 2.12. The number of rotatable bonds is 5. The molecule has 0 bridgehead atoms. The number of nitrogens with zero attached hydrogens (tertiary/aromatic N) is 1. The van der Waals surface area contributed by atoms with Crippen LogP contribution in [0.2, 0.25) is 0 Å². The summed E-state index contributed by atoms with van der Waals surface area (Å²) in [6, 6.07) is 1.24. The second-order valence-corrected chi connectivity index (χ2v) is 5.03. The van der Waals surface area contributed by atoms with Crippen molar-refractivity contribution in [3.63, 3.8) is 0 Å². The average Bonchev–Trinajstić information content (AvgIpc) is 2.48. The number of aromatic amines is 1.